The van der Waals surface area contributed by atoms with Gasteiger partial charge in [-0.3, -0.25) is 4.79 Å². The van der Waals surface area contributed by atoms with Crippen LogP contribution in [0, 0.1) is 0 Å². The van der Waals surface area contributed by atoms with Crippen LogP contribution in [0.4, 0.5) is 0 Å². The van der Waals surface area contributed by atoms with Crippen LogP contribution in [0.15, 0.2) is 0 Å². The molecule has 7 heteroatoms. The van der Waals surface area contributed by atoms with Crippen LogP contribution in [0.2, 0.25) is 0 Å². The minimum atomic E-state index is -1.74. The van der Waals surface area contributed by atoms with Crippen LogP contribution in [-0.4, -0.2) is 41.8 Å². The van der Waals surface area contributed by atoms with Crippen molar-refractivity contribution in [1.82, 2.24) is 5.32 Å². The average molecular weight is 295 g/mol. The summed E-state index contributed by atoms with van der Waals surface area (Å²) in [6, 6.07) is 0. The van der Waals surface area contributed by atoms with Crippen LogP contribution in [0.3, 0.4) is 0 Å². The fraction of sp³-hybridized carbons (Fsp3) is 0.917. The number of hydrogen-bond donors (Lipinski definition) is 3. The molecule has 0 fully saturated rings. The van der Waals surface area contributed by atoms with E-state index in [2.05, 4.69) is 5.32 Å². The lowest BCUT2D eigenvalue weighted by atomic mass is 10.2. The highest BCUT2D eigenvalue weighted by molar-refractivity contribution is 7.40. The monoisotopic (exact) mass is 295 g/mol. The molecule has 0 rings (SSSR count). The van der Waals surface area contributed by atoms with E-state index in [1.807, 2.05) is 13.8 Å². The van der Waals surface area contributed by atoms with E-state index in [4.69, 9.17) is 14.2 Å². The van der Waals surface area contributed by atoms with Gasteiger partial charge < -0.3 is 24.4 Å². The van der Waals surface area contributed by atoms with Crippen LogP contribution in [0.5, 0.6) is 0 Å². The Labute approximate surface area is 116 Å². The zero-order valence-electron chi connectivity index (χ0n) is 11.8. The molecule has 19 heavy (non-hydrogen) atoms. The first-order valence-corrected chi connectivity index (χ1v) is 7.85. The lowest BCUT2D eigenvalue weighted by molar-refractivity contribution is -0.121. The van der Waals surface area contributed by atoms with Gasteiger partial charge >= 0.3 is 8.60 Å². The second-order valence-corrected chi connectivity index (χ2v) is 5.41. The van der Waals surface area contributed by atoms with E-state index in [0.717, 1.165) is 25.7 Å². The Kier molecular flexibility index (Phi) is 12.6. The molecule has 0 bridgehead atoms. The predicted octanol–water partition coefficient (Wildman–Crippen LogP) is 1.71. The number of aliphatic hydroxyl groups is 1. The molecule has 0 aromatic carbocycles. The van der Waals surface area contributed by atoms with Gasteiger partial charge in [0.2, 0.25) is 5.91 Å². The third kappa shape index (κ3) is 14.0. The van der Waals surface area contributed by atoms with Crippen LogP contribution in [0.1, 0.15) is 46.0 Å². The molecule has 0 saturated carbocycles. The quantitative estimate of drug-likeness (QED) is 0.377. The predicted molar refractivity (Wildman–Crippen MR) is 74.5 cm³/mol. The Morgan fingerprint density at radius 3 is 2.58 bits per heavy atom. The van der Waals surface area contributed by atoms with Crippen molar-refractivity contribution < 1.29 is 23.8 Å². The molecule has 1 unspecified atom stereocenters. The molecule has 0 aliphatic rings. The second kappa shape index (κ2) is 12.8. The summed E-state index contributed by atoms with van der Waals surface area (Å²) in [5, 5.41) is 11.3. The Morgan fingerprint density at radius 1 is 1.26 bits per heavy atom. The summed E-state index contributed by atoms with van der Waals surface area (Å²) in [4.78, 5) is 20.3. The van der Waals surface area contributed by atoms with Crippen LogP contribution in [-0.2, 0) is 13.8 Å². The molecule has 0 aliphatic carbocycles. The minimum absolute atomic E-state index is 0.0290. The van der Waals surface area contributed by atoms with Gasteiger partial charge in [-0.2, -0.15) is 0 Å². The van der Waals surface area contributed by atoms with Crippen molar-refractivity contribution >= 4 is 14.5 Å². The number of hydrogen-bond acceptors (Lipinski definition) is 5. The molecule has 1 atom stereocenters. The Morgan fingerprint density at radius 2 is 1.95 bits per heavy atom. The smallest absolute Gasteiger partial charge is 0.330 e. The largest absolute Gasteiger partial charge is 0.396 e. The van der Waals surface area contributed by atoms with Crippen molar-refractivity contribution in [2.75, 3.05) is 19.8 Å². The highest BCUT2D eigenvalue weighted by Crippen LogP contribution is 2.34. The first-order valence-electron chi connectivity index (χ1n) is 6.72. The molecule has 0 radical (unpaired) electrons. The Hall–Kier alpha value is -0.260. The number of amides is 1. The molecule has 0 heterocycles. The number of aliphatic hydroxyl groups excluding tert-OH is 1. The maximum atomic E-state index is 11.0. The van der Waals surface area contributed by atoms with Gasteiger partial charge in [-0.05, 0) is 26.7 Å². The van der Waals surface area contributed by atoms with Gasteiger partial charge in [0.25, 0.3) is 0 Å². The normalized spacial score (nSPS) is 12.7. The van der Waals surface area contributed by atoms with Gasteiger partial charge in [-0.1, -0.05) is 12.8 Å². The number of carbonyl (C=O) groups excluding carboxylic acids is 1. The van der Waals surface area contributed by atoms with Crippen LogP contribution in [0.25, 0.3) is 0 Å². The van der Waals surface area contributed by atoms with Gasteiger partial charge in [0.05, 0.1) is 19.3 Å². The summed E-state index contributed by atoms with van der Waals surface area (Å²) in [6.07, 6.45) is 3.90. The van der Waals surface area contributed by atoms with E-state index in [-0.39, 0.29) is 25.0 Å². The number of nitrogens with one attached hydrogen (secondary N) is 1. The van der Waals surface area contributed by atoms with Crippen molar-refractivity contribution in [2.45, 2.75) is 52.1 Å². The summed E-state index contributed by atoms with van der Waals surface area (Å²) in [5.41, 5.74) is 0. The standard InChI is InChI=1S/C12H26NO5P/c1-11(2)18-19(16)17-10-6-4-3-5-8-13-12(15)7-9-14/h11,14,16H,3-10H2,1-2H3,(H,13,15). The topological polar surface area (TPSA) is 88.0 Å². The van der Waals surface area contributed by atoms with E-state index in [0.29, 0.717) is 13.2 Å². The summed E-state index contributed by atoms with van der Waals surface area (Å²) in [7, 11) is -1.74. The lowest BCUT2D eigenvalue weighted by Crippen LogP contribution is -2.24. The Bertz CT molecular complexity index is 228. The molecule has 114 valence electrons. The Balaban J connectivity index is 3.21. The molecule has 0 spiro atoms. The van der Waals surface area contributed by atoms with Gasteiger partial charge in [-0.15, -0.1) is 0 Å². The van der Waals surface area contributed by atoms with E-state index < -0.39 is 8.60 Å². The number of unbranched alkanes of at least 4 members (excludes halogenated alkanes) is 3. The summed E-state index contributed by atoms with van der Waals surface area (Å²) >= 11 is 0. The average Bonchev–Trinajstić information content (AvgIpc) is 2.32. The molecule has 0 aliphatic heterocycles. The van der Waals surface area contributed by atoms with Gasteiger partial charge in [0.15, 0.2) is 0 Å². The van der Waals surface area contributed by atoms with E-state index in [9.17, 15) is 9.69 Å². The molecule has 6 nitrogen and oxygen atoms in total. The molecular weight excluding hydrogens is 269 g/mol. The lowest BCUT2D eigenvalue weighted by Gasteiger charge is -2.12. The van der Waals surface area contributed by atoms with E-state index in [1.165, 1.54) is 0 Å². The minimum Gasteiger partial charge on any atom is -0.396 e. The fourth-order valence-corrected chi connectivity index (χ4v) is 2.06. The first-order chi connectivity index (χ1) is 9.06. The number of carbonyl (C=O) groups is 1. The van der Waals surface area contributed by atoms with E-state index in [1.54, 1.807) is 0 Å². The van der Waals surface area contributed by atoms with Gasteiger partial charge in [-0.25, -0.2) is 0 Å². The summed E-state index contributed by atoms with van der Waals surface area (Å²) in [6.45, 7) is 4.72. The summed E-state index contributed by atoms with van der Waals surface area (Å²) < 4.78 is 10.2. The van der Waals surface area contributed by atoms with Crippen molar-refractivity contribution in [1.29, 1.82) is 0 Å². The highest BCUT2D eigenvalue weighted by atomic mass is 31.2. The summed E-state index contributed by atoms with van der Waals surface area (Å²) in [5.74, 6) is -0.109. The second-order valence-electron chi connectivity index (χ2n) is 4.46. The molecule has 1 amide bonds. The first kappa shape index (κ1) is 18.7. The molecule has 3 N–H and O–H groups in total. The maximum absolute atomic E-state index is 11.0. The SMILES string of the molecule is CC(C)OP(O)OCCCCCCNC(=O)CCO. The van der Waals surface area contributed by atoms with E-state index >= 15 is 0 Å². The molecule has 0 saturated heterocycles. The number of rotatable bonds is 12. The zero-order chi connectivity index (χ0) is 14.5. The van der Waals surface area contributed by atoms with Gasteiger partial charge in [0, 0.05) is 13.0 Å². The highest BCUT2D eigenvalue weighted by Gasteiger charge is 2.08. The van der Waals surface area contributed by atoms with Crippen molar-refractivity contribution in [3.8, 4) is 0 Å². The third-order valence-electron chi connectivity index (χ3n) is 2.23. The maximum Gasteiger partial charge on any atom is 0.330 e. The molecule has 0 aromatic heterocycles. The van der Waals surface area contributed by atoms with Crippen molar-refractivity contribution in [3.05, 3.63) is 0 Å². The van der Waals surface area contributed by atoms with Crippen LogP contribution < -0.4 is 5.32 Å². The van der Waals surface area contributed by atoms with Crippen LogP contribution >= 0.6 is 8.60 Å². The van der Waals surface area contributed by atoms with Crippen molar-refractivity contribution in [3.63, 3.8) is 0 Å². The van der Waals surface area contributed by atoms with Gasteiger partial charge in [0.1, 0.15) is 0 Å². The fourth-order valence-electron chi connectivity index (χ4n) is 1.35. The third-order valence-corrected chi connectivity index (χ3v) is 3.24. The molecular formula is C12H26NO5P. The van der Waals surface area contributed by atoms with Crippen molar-refractivity contribution in [2.24, 2.45) is 0 Å². The molecule has 0 aromatic rings. The zero-order valence-corrected chi connectivity index (χ0v) is 12.7.